The van der Waals surface area contributed by atoms with Crippen LogP contribution in [0.15, 0.2) is 72.8 Å². The van der Waals surface area contributed by atoms with Gasteiger partial charge in [0.15, 0.2) is 0 Å². The number of anilines is 2. The van der Waals surface area contributed by atoms with Crippen LogP contribution in [0.3, 0.4) is 0 Å². The predicted octanol–water partition coefficient (Wildman–Crippen LogP) is 5.32. The number of nitrogens with zero attached hydrogens (tertiary/aromatic N) is 1. The van der Waals surface area contributed by atoms with Crippen molar-refractivity contribution in [3.8, 4) is 11.1 Å². The van der Waals surface area contributed by atoms with Crippen molar-refractivity contribution in [3.05, 3.63) is 83.9 Å². The summed E-state index contributed by atoms with van der Waals surface area (Å²) in [6.45, 7) is 4.33. The van der Waals surface area contributed by atoms with Crippen LogP contribution in [0, 0.1) is 13.8 Å². The minimum absolute atomic E-state index is 0.0336. The van der Waals surface area contributed by atoms with E-state index in [2.05, 4.69) is 5.32 Å². The average Bonchev–Trinajstić information content (AvgIpc) is 3.10. The maximum Gasteiger partial charge on any atom is 0.411 e. The third kappa shape index (κ3) is 4.35. The van der Waals surface area contributed by atoms with Gasteiger partial charge < -0.3 is 9.64 Å². The van der Waals surface area contributed by atoms with Crippen LogP contribution >= 0.6 is 0 Å². The molecule has 30 heavy (non-hydrogen) atoms. The molecule has 1 N–H and O–H groups in total. The van der Waals surface area contributed by atoms with E-state index in [1.54, 1.807) is 4.90 Å². The first-order valence-electron chi connectivity index (χ1n) is 10.0. The molecule has 1 fully saturated rings. The smallest absolute Gasteiger partial charge is 0.411 e. The molecule has 0 saturated carbocycles. The van der Waals surface area contributed by atoms with Gasteiger partial charge in [0.05, 0.1) is 13.0 Å². The van der Waals surface area contributed by atoms with Crippen molar-refractivity contribution in [1.29, 1.82) is 0 Å². The maximum absolute atomic E-state index is 12.5. The lowest BCUT2D eigenvalue weighted by Gasteiger charge is -2.19. The summed E-state index contributed by atoms with van der Waals surface area (Å²) in [6, 6.07) is 23.6. The van der Waals surface area contributed by atoms with Crippen molar-refractivity contribution in [2.45, 2.75) is 26.4 Å². The van der Waals surface area contributed by atoms with Crippen molar-refractivity contribution in [1.82, 2.24) is 0 Å². The molecule has 1 atom stereocenters. The highest BCUT2D eigenvalue weighted by Crippen LogP contribution is 2.28. The number of rotatable bonds is 4. The van der Waals surface area contributed by atoms with Crippen LogP contribution in [0.25, 0.3) is 11.1 Å². The summed E-state index contributed by atoms with van der Waals surface area (Å²) in [5, 5.41) is 2.75. The van der Waals surface area contributed by atoms with E-state index in [1.807, 2.05) is 86.6 Å². The molecule has 1 saturated heterocycles. The van der Waals surface area contributed by atoms with Crippen molar-refractivity contribution in [3.63, 3.8) is 0 Å². The molecule has 1 aliphatic rings. The molecule has 1 aliphatic heterocycles. The SMILES string of the molecule is Cc1ccc(C)c(N2CC(OC(=O)Nc3ccc(-c4ccccc4)cc3)CC2=O)c1. The first-order chi connectivity index (χ1) is 14.5. The Morgan fingerprint density at radius 1 is 0.967 bits per heavy atom. The van der Waals surface area contributed by atoms with Crippen LogP contribution in [0.2, 0.25) is 0 Å². The Morgan fingerprint density at radius 2 is 1.67 bits per heavy atom. The van der Waals surface area contributed by atoms with Crippen LogP contribution in [0.5, 0.6) is 0 Å². The van der Waals surface area contributed by atoms with Gasteiger partial charge in [-0.1, -0.05) is 54.6 Å². The van der Waals surface area contributed by atoms with Crippen LogP contribution in [0.1, 0.15) is 17.5 Å². The second kappa shape index (κ2) is 8.41. The third-order valence-electron chi connectivity index (χ3n) is 5.26. The standard InChI is InChI=1S/C25H24N2O3/c1-17-8-9-18(2)23(14-17)27-16-22(15-24(27)28)30-25(29)26-21-12-10-20(11-13-21)19-6-4-3-5-7-19/h3-14,22H,15-16H2,1-2H3,(H,26,29). The normalized spacial score (nSPS) is 15.9. The second-order valence-corrected chi connectivity index (χ2v) is 7.59. The summed E-state index contributed by atoms with van der Waals surface area (Å²) in [5.41, 5.74) is 5.82. The van der Waals surface area contributed by atoms with Gasteiger partial charge in [-0.05, 0) is 54.3 Å². The highest BCUT2D eigenvalue weighted by atomic mass is 16.6. The van der Waals surface area contributed by atoms with Crippen molar-refractivity contribution in [2.75, 3.05) is 16.8 Å². The zero-order valence-corrected chi connectivity index (χ0v) is 17.1. The molecular formula is C25H24N2O3. The highest BCUT2D eigenvalue weighted by molar-refractivity contribution is 5.97. The van der Waals surface area contributed by atoms with Gasteiger partial charge in [0, 0.05) is 11.4 Å². The summed E-state index contributed by atoms with van der Waals surface area (Å²) in [5.74, 6) is -0.0336. The topological polar surface area (TPSA) is 58.6 Å². The van der Waals surface area contributed by atoms with Gasteiger partial charge in [-0.2, -0.15) is 0 Å². The Kier molecular flexibility index (Phi) is 5.53. The lowest BCUT2D eigenvalue weighted by atomic mass is 10.1. The number of aryl methyl sites for hydroxylation is 2. The van der Waals surface area contributed by atoms with Crippen molar-refractivity contribution < 1.29 is 14.3 Å². The quantitative estimate of drug-likeness (QED) is 0.644. The van der Waals surface area contributed by atoms with Gasteiger partial charge in [0.25, 0.3) is 0 Å². The van der Waals surface area contributed by atoms with Crippen LogP contribution < -0.4 is 10.2 Å². The summed E-state index contributed by atoms with van der Waals surface area (Å²) in [7, 11) is 0. The summed E-state index contributed by atoms with van der Waals surface area (Å²) < 4.78 is 5.51. The fraction of sp³-hybridized carbons (Fsp3) is 0.200. The maximum atomic E-state index is 12.5. The first-order valence-corrected chi connectivity index (χ1v) is 10.0. The molecule has 2 amide bonds. The number of carbonyl (C=O) groups excluding carboxylic acids is 2. The number of amides is 2. The molecule has 152 valence electrons. The molecule has 1 heterocycles. The van der Waals surface area contributed by atoms with E-state index in [9.17, 15) is 9.59 Å². The minimum Gasteiger partial charge on any atom is -0.444 e. The Labute approximate surface area is 176 Å². The number of nitrogens with one attached hydrogen (secondary N) is 1. The lowest BCUT2D eigenvalue weighted by Crippen LogP contribution is -2.28. The number of benzene rings is 3. The van der Waals surface area contributed by atoms with E-state index >= 15 is 0 Å². The van der Waals surface area contributed by atoms with Gasteiger partial charge >= 0.3 is 6.09 Å². The highest BCUT2D eigenvalue weighted by Gasteiger charge is 2.34. The summed E-state index contributed by atoms with van der Waals surface area (Å²) in [6.07, 6.45) is -0.836. The van der Waals surface area contributed by atoms with Crippen molar-refractivity contribution in [2.24, 2.45) is 0 Å². The van der Waals surface area contributed by atoms with E-state index in [0.29, 0.717) is 12.2 Å². The average molecular weight is 400 g/mol. The van der Waals surface area contributed by atoms with Gasteiger partial charge in [-0.3, -0.25) is 10.1 Å². The molecule has 3 aromatic rings. The molecule has 0 bridgehead atoms. The number of ether oxygens (including phenoxy) is 1. The van der Waals surface area contributed by atoms with E-state index < -0.39 is 12.2 Å². The van der Waals surface area contributed by atoms with Crippen LogP contribution in [0.4, 0.5) is 16.2 Å². The first kappa shape index (κ1) is 19.7. The molecule has 4 rings (SSSR count). The van der Waals surface area contributed by atoms with Gasteiger partial charge in [0.2, 0.25) is 5.91 Å². The molecule has 0 aromatic heterocycles. The summed E-state index contributed by atoms with van der Waals surface area (Å²) in [4.78, 5) is 26.5. The molecular weight excluding hydrogens is 376 g/mol. The Morgan fingerprint density at radius 3 is 2.40 bits per heavy atom. The Bertz CT molecular complexity index is 1060. The van der Waals surface area contributed by atoms with E-state index in [0.717, 1.165) is 27.9 Å². The number of hydrogen-bond donors (Lipinski definition) is 1. The van der Waals surface area contributed by atoms with E-state index in [-0.39, 0.29) is 12.3 Å². The monoisotopic (exact) mass is 400 g/mol. The van der Waals surface area contributed by atoms with Crippen LogP contribution in [-0.2, 0) is 9.53 Å². The molecule has 3 aromatic carbocycles. The summed E-state index contributed by atoms with van der Waals surface area (Å²) >= 11 is 0. The molecule has 5 heteroatoms. The fourth-order valence-electron chi connectivity index (χ4n) is 3.67. The number of hydrogen-bond acceptors (Lipinski definition) is 3. The molecule has 1 unspecified atom stereocenters. The van der Waals surface area contributed by atoms with Gasteiger partial charge in [-0.15, -0.1) is 0 Å². The third-order valence-corrected chi connectivity index (χ3v) is 5.26. The minimum atomic E-state index is -0.553. The zero-order valence-electron chi connectivity index (χ0n) is 17.1. The van der Waals surface area contributed by atoms with E-state index in [4.69, 9.17) is 4.74 Å². The van der Waals surface area contributed by atoms with Gasteiger partial charge in [0.1, 0.15) is 6.10 Å². The molecule has 0 spiro atoms. The second-order valence-electron chi connectivity index (χ2n) is 7.59. The predicted molar refractivity (Wildman–Crippen MR) is 119 cm³/mol. The van der Waals surface area contributed by atoms with E-state index in [1.165, 1.54) is 0 Å². The zero-order chi connectivity index (χ0) is 21.1. The molecule has 5 nitrogen and oxygen atoms in total. The molecule has 0 radical (unpaired) electrons. The fourth-order valence-corrected chi connectivity index (χ4v) is 3.67. The lowest BCUT2D eigenvalue weighted by molar-refractivity contribution is -0.117. The molecule has 0 aliphatic carbocycles. The number of carbonyl (C=O) groups is 2. The Balaban J connectivity index is 1.36. The van der Waals surface area contributed by atoms with Crippen molar-refractivity contribution >= 4 is 23.4 Å². The van der Waals surface area contributed by atoms with Crippen LogP contribution in [-0.4, -0.2) is 24.6 Å². The Hall–Kier alpha value is -3.60. The van der Waals surface area contributed by atoms with Gasteiger partial charge in [-0.25, -0.2) is 4.79 Å². The largest absolute Gasteiger partial charge is 0.444 e.